The number of rotatable bonds is 3. The van der Waals surface area contributed by atoms with Crippen LogP contribution in [0.4, 0.5) is 0 Å². The van der Waals surface area contributed by atoms with Crippen LogP contribution in [0.3, 0.4) is 0 Å². The molecule has 0 amide bonds. The van der Waals surface area contributed by atoms with Crippen LogP contribution in [0.15, 0.2) is 17.5 Å². The van der Waals surface area contributed by atoms with Gasteiger partial charge in [-0.3, -0.25) is 4.90 Å². The van der Waals surface area contributed by atoms with Crippen LogP contribution < -0.4 is 0 Å². The maximum absolute atomic E-state index is 9.37. The molecule has 3 nitrogen and oxygen atoms in total. The van der Waals surface area contributed by atoms with Crippen LogP contribution in [0, 0.1) is 0 Å². The molecule has 1 aromatic heterocycles. The minimum Gasteiger partial charge on any atom is -0.394 e. The fraction of sp³-hybridized carbons (Fsp3) is 0.600. The molecule has 2 rings (SSSR count). The van der Waals surface area contributed by atoms with E-state index in [-0.39, 0.29) is 12.6 Å². The number of nitrogens with zero attached hydrogens (tertiary/aromatic N) is 1. The highest BCUT2D eigenvalue weighted by Crippen LogP contribution is 2.25. The van der Waals surface area contributed by atoms with Gasteiger partial charge in [-0.05, 0) is 11.4 Å². The molecule has 0 aromatic carbocycles. The molecular formula is C10H15NO2S. The van der Waals surface area contributed by atoms with Crippen molar-refractivity contribution in [2.75, 3.05) is 32.9 Å². The summed E-state index contributed by atoms with van der Waals surface area (Å²) in [7, 11) is 0. The van der Waals surface area contributed by atoms with E-state index < -0.39 is 0 Å². The number of hydrogen-bond donors (Lipinski definition) is 1. The van der Waals surface area contributed by atoms with Crippen LogP contribution in [-0.4, -0.2) is 42.9 Å². The summed E-state index contributed by atoms with van der Waals surface area (Å²) in [6.07, 6.45) is 0. The summed E-state index contributed by atoms with van der Waals surface area (Å²) in [5.74, 6) is 0. The van der Waals surface area contributed by atoms with Crippen LogP contribution in [0.5, 0.6) is 0 Å². The Morgan fingerprint density at radius 1 is 1.50 bits per heavy atom. The van der Waals surface area contributed by atoms with E-state index in [1.165, 1.54) is 4.88 Å². The quantitative estimate of drug-likeness (QED) is 0.816. The maximum atomic E-state index is 9.37. The summed E-state index contributed by atoms with van der Waals surface area (Å²) < 4.78 is 5.29. The first-order valence-corrected chi connectivity index (χ1v) is 5.76. The van der Waals surface area contributed by atoms with Crippen molar-refractivity contribution in [2.45, 2.75) is 6.04 Å². The highest BCUT2D eigenvalue weighted by atomic mass is 32.1. The van der Waals surface area contributed by atoms with Crippen molar-refractivity contribution in [2.24, 2.45) is 0 Å². The number of ether oxygens (including phenoxy) is 1. The predicted molar refractivity (Wildman–Crippen MR) is 56.5 cm³/mol. The second-order valence-corrected chi connectivity index (χ2v) is 4.34. The molecular weight excluding hydrogens is 198 g/mol. The summed E-state index contributed by atoms with van der Waals surface area (Å²) in [6, 6.07) is 4.28. The molecule has 0 aliphatic carbocycles. The molecule has 0 spiro atoms. The van der Waals surface area contributed by atoms with Gasteiger partial charge in [-0.1, -0.05) is 6.07 Å². The van der Waals surface area contributed by atoms with Crippen LogP contribution in [0.1, 0.15) is 10.9 Å². The second kappa shape index (κ2) is 4.89. The van der Waals surface area contributed by atoms with Gasteiger partial charge in [0.1, 0.15) is 0 Å². The lowest BCUT2D eigenvalue weighted by Gasteiger charge is -2.32. The lowest BCUT2D eigenvalue weighted by molar-refractivity contribution is 0.00348. The standard InChI is InChI=1S/C10H15NO2S/c12-8-9(10-2-1-7-14-10)11-3-5-13-6-4-11/h1-2,7,9,12H,3-6,8H2/t9-/m0/s1. The smallest absolute Gasteiger partial charge is 0.0676 e. The Morgan fingerprint density at radius 2 is 2.29 bits per heavy atom. The average Bonchev–Trinajstić information content (AvgIpc) is 2.74. The topological polar surface area (TPSA) is 32.7 Å². The summed E-state index contributed by atoms with van der Waals surface area (Å²) in [4.78, 5) is 3.53. The second-order valence-electron chi connectivity index (χ2n) is 3.36. The highest BCUT2D eigenvalue weighted by Gasteiger charge is 2.22. The van der Waals surface area contributed by atoms with Gasteiger partial charge in [-0.15, -0.1) is 11.3 Å². The van der Waals surface area contributed by atoms with Gasteiger partial charge in [0.2, 0.25) is 0 Å². The highest BCUT2D eigenvalue weighted by molar-refractivity contribution is 7.10. The maximum Gasteiger partial charge on any atom is 0.0676 e. The summed E-state index contributed by atoms with van der Waals surface area (Å²) in [5, 5.41) is 11.4. The molecule has 0 unspecified atom stereocenters. The van der Waals surface area contributed by atoms with E-state index >= 15 is 0 Å². The Balaban J connectivity index is 2.04. The van der Waals surface area contributed by atoms with E-state index in [4.69, 9.17) is 4.74 Å². The molecule has 1 aliphatic rings. The zero-order chi connectivity index (χ0) is 9.80. The van der Waals surface area contributed by atoms with E-state index in [9.17, 15) is 5.11 Å². The largest absolute Gasteiger partial charge is 0.394 e. The predicted octanol–water partition coefficient (Wildman–Crippen LogP) is 1.11. The van der Waals surface area contributed by atoms with Gasteiger partial charge in [0.15, 0.2) is 0 Å². The Kier molecular flexibility index (Phi) is 3.53. The normalized spacial score (nSPS) is 20.9. The summed E-state index contributed by atoms with van der Waals surface area (Å²) in [6.45, 7) is 3.59. The zero-order valence-corrected chi connectivity index (χ0v) is 8.87. The monoisotopic (exact) mass is 213 g/mol. The van der Waals surface area contributed by atoms with E-state index in [1.807, 2.05) is 6.07 Å². The van der Waals surface area contributed by atoms with Gasteiger partial charge in [0.25, 0.3) is 0 Å². The minimum absolute atomic E-state index is 0.166. The van der Waals surface area contributed by atoms with Gasteiger partial charge in [0.05, 0.1) is 25.9 Å². The van der Waals surface area contributed by atoms with E-state index in [0.717, 1.165) is 26.3 Å². The number of morpholine rings is 1. The Hall–Kier alpha value is -0.420. The lowest BCUT2D eigenvalue weighted by atomic mass is 10.2. The molecule has 1 saturated heterocycles. The Labute approximate surface area is 87.9 Å². The SMILES string of the molecule is OC[C@@H](c1cccs1)N1CCOCC1. The molecule has 1 N–H and O–H groups in total. The fourth-order valence-corrected chi connectivity index (χ4v) is 2.61. The molecule has 1 atom stereocenters. The van der Waals surface area contributed by atoms with Crippen molar-refractivity contribution < 1.29 is 9.84 Å². The van der Waals surface area contributed by atoms with Crippen molar-refractivity contribution >= 4 is 11.3 Å². The third-order valence-corrected chi connectivity index (χ3v) is 3.50. The molecule has 0 bridgehead atoms. The summed E-state index contributed by atoms with van der Waals surface area (Å²) in [5.41, 5.74) is 0. The lowest BCUT2D eigenvalue weighted by Crippen LogP contribution is -2.40. The number of hydrogen-bond acceptors (Lipinski definition) is 4. The first-order chi connectivity index (χ1) is 6.92. The van der Waals surface area contributed by atoms with Gasteiger partial charge in [0, 0.05) is 18.0 Å². The zero-order valence-electron chi connectivity index (χ0n) is 8.06. The number of thiophene rings is 1. The van der Waals surface area contributed by atoms with E-state index in [0.29, 0.717) is 0 Å². The van der Waals surface area contributed by atoms with Crippen LogP contribution in [-0.2, 0) is 4.74 Å². The molecule has 1 fully saturated rings. The first kappa shape index (κ1) is 10.1. The molecule has 0 radical (unpaired) electrons. The van der Waals surface area contributed by atoms with Gasteiger partial charge in [-0.25, -0.2) is 0 Å². The van der Waals surface area contributed by atoms with Gasteiger partial charge < -0.3 is 9.84 Å². The third-order valence-electron chi connectivity index (χ3n) is 2.53. The van der Waals surface area contributed by atoms with Crippen LogP contribution >= 0.6 is 11.3 Å². The van der Waals surface area contributed by atoms with Gasteiger partial charge >= 0.3 is 0 Å². The number of aliphatic hydroxyl groups excluding tert-OH is 1. The van der Waals surface area contributed by atoms with Crippen molar-refractivity contribution in [1.29, 1.82) is 0 Å². The molecule has 4 heteroatoms. The van der Waals surface area contributed by atoms with Crippen molar-refractivity contribution in [3.05, 3.63) is 22.4 Å². The van der Waals surface area contributed by atoms with Crippen LogP contribution in [0.2, 0.25) is 0 Å². The average molecular weight is 213 g/mol. The van der Waals surface area contributed by atoms with Crippen LogP contribution in [0.25, 0.3) is 0 Å². The van der Waals surface area contributed by atoms with E-state index in [2.05, 4.69) is 16.3 Å². The molecule has 1 aliphatic heterocycles. The molecule has 2 heterocycles. The Bertz CT molecular complexity index is 257. The molecule has 78 valence electrons. The fourth-order valence-electron chi connectivity index (χ4n) is 1.76. The van der Waals surface area contributed by atoms with Gasteiger partial charge in [-0.2, -0.15) is 0 Å². The van der Waals surface area contributed by atoms with Crippen molar-refractivity contribution in [3.63, 3.8) is 0 Å². The Morgan fingerprint density at radius 3 is 2.86 bits per heavy atom. The number of aliphatic hydroxyl groups is 1. The molecule has 0 saturated carbocycles. The summed E-state index contributed by atoms with van der Waals surface area (Å²) >= 11 is 1.71. The molecule has 1 aromatic rings. The van der Waals surface area contributed by atoms with Crippen molar-refractivity contribution in [3.8, 4) is 0 Å². The first-order valence-electron chi connectivity index (χ1n) is 4.88. The molecule has 14 heavy (non-hydrogen) atoms. The van der Waals surface area contributed by atoms with E-state index in [1.54, 1.807) is 11.3 Å². The third kappa shape index (κ3) is 2.15. The van der Waals surface area contributed by atoms with Crippen molar-refractivity contribution in [1.82, 2.24) is 4.90 Å². The minimum atomic E-state index is 0.166.